The molecule has 0 rings (SSSR count). The van der Waals surface area contributed by atoms with Crippen molar-refractivity contribution in [3.63, 3.8) is 0 Å². The Bertz CT molecular complexity index is 401. The first-order valence-electron chi connectivity index (χ1n) is 7.27. The molecule has 0 heterocycles. The lowest BCUT2D eigenvalue weighted by Crippen LogP contribution is -2.35. The lowest BCUT2D eigenvalue weighted by atomic mass is 9.75. The molecular weight excluding hydrogens is 286 g/mol. The van der Waals surface area contributed by atoms with Gasteiger partial charge in [0.1, 0.15) is 6.61 Å². The van der Waals surface area contributed by atoms with E-state index in [9.17, 15) is 9.59 Å². The van der Waals surface area contributed by atoms with E-state index in [1.165, 1.54) is 7.11 Å². The van der Waals surface area contributed by atoms with Crippen LogP contribution < -0.4 is 5.48 Å². The Hall–Kier alpha value is -1.40. The zero-order valence-corrected chi connectivity index (χ0v) is 14.6. The molecule has 0 aliphatic carbocycles. The molecule has 0 bridgehead atoms. The topological polar surface area (TPSA) is 73.9 Å². The summed E-state index contributed by atoms with van der Waals surface area (Å²) in [6, 6.07) is 0. The molecule has 22 heavy (non-hydrogen) atoms. The van der Waals surface area contributed by atoms with Crippen LogP contribution in [0, 0.1) is 10.8 Å². The van der Waals surface area contributed by atoms with Crippen LogP contribution in [0.4, 0.5) is 0 Å². The second kappa shape index (κ2) is 8.90. The monoisotopic (exact) mass is 315 g/mol. The van der Waals surface area contributed by atoms with Gasteiger partial charge < -0.3 is 14.3 Å². The van der Waals surface area contributed by atoms with Crippen molar-refractivity contribution in [3.8, 4) is 0 Å². The van der Waals surface area contributed by atoms with Gasteiger partial charge in [-0.3, -0.25) is 4.79 Å². The summed E-state index contributed by atoms with van der Waals surface area (Å²) in [4.78, 5) is 28.2. The number of methoxy groups -OCH3 is 1. The Morgan fingerprint density at radius 1 is 1.18 bits per heavy atom. The number of hydroxylamine groups is 1. The average Bonchev–Trinajstić information content (AvgIpc) is 2.39. The van der Waals surface area contributed by atoms with E-state index < -0.39 is 11.4 Å². The quantitative estimate of drug-likeness (QED) is 0.288. The van der Waals surface area contributed by atoms with Gasteiger partial charge in [-0.2, -0.15) is 5.48 Å². The highest BCUT2D eigenvalue weighted by Gasteiger charge is 2.35. The highest BCUT2D eigenvalue weighted by molar-refractivity contribution is 5.86. The van der Waals surface area contributed by atoms with Gasteiger partial charge in [0, 0.05) is 5.57 Å². The van der Waals surface area contributed by atoms with Gasteiger partial charge in [-0.1, -0.05) is 20.4 Å². The van der Waals surface area contributed by atoms with E-state index in [4.69, 9.17) is 14.3 Å². The van der Waals surface area contributed by atoms with Crippen LogP contribution in [0.15, 0.2) is 12.2 Å². The minimum Gasteiger partial charge on any atom is -0.469 e. The van der Waals surface area contributed by atoms with Crippen LogP contribution in [0.3, 0.4) is 0 Å². The zero-order valence-electron chi connectivity index (χ0n) is 14.6. The molecular formula is C16H29NO5. The largest absolute Gasteiger partial charge is 0.469 e. The van der Waals surface area contributed by atoms with Gasteiger partial charge in [0.15, 0.2) is 0 Å². The van der Waals surface area contributed by atoms with Crippen LogP contribution in [0.5, 0.6) is 0 Å². The molecule has 0 aromatic rings. The molecule has 0 fully saturated rings. The van der Waals surface area contributed by atoms with E-state index in [2.05, 4.69) is 12.1 Å². The number of rotatable bonds is 10. The number of nitrogens with one attached hydrogen (secondary N) is 1. The van der Waals surface area contributed by atoms with Crippen LogP contribution in [0.2, 0.25) is 0 Å². The van der Waals surface area contributed by atoms with Crippen molar-refractivity contribution in [1.82, 2.24) is 5.48 Å². The third kappa shape index (κ3) is 8.14. The van der Waals surface area contributed by atoms with Gasteiger partial charge in [-0.05, 0) is 32.6 Å². The van der Waals surface area contributed by atoms with Crippen molar-refractivity contribution in [1.29, 1.82) is 0 Å². The summed E-state index contributed by atoms with van der Waals surface area (Å²) in [5.74, 6) is -0.651. The van der Waals surface area contributed by atoms with Crippen molar-refractivity contribution >= 4 is 11.9 Å². The molecule has 0 radical (unpaired) electrons. The maximum Gasteiger partial charge on any atom is 0.333 e. The van der Waals surface area contributed by atoms with Crippen molar-refractivity contribution in [2.75, 3.05) is 26.9 Å². The molecule has 0 unspecified atom stereocenters. The van der Waals surface area contributed by atoms with E-state index in [-0.39, 0.29) is 18.0 Å². The van der Waals surface area contributed by atoms with Crippen molar-refractivity contribution < 1.29 is 23.9 Å². The van der Waals surface area contributed by atoms with Gasteiger partial charge in [-0.25, -0.2) is 4.79 Å². The smallest absolute Gasteiger partial charge is 0.333 e. The van der Waals surface area contributed by atoms with E-state index >= 15 is 0 Å². The highest BCUT2D eigenvalue weighted by Crippen LogP contribution is 2.34. The standard InChI is InChI=1S/C16H29NO5/c1-12(2)13(18)21-9-8-17-22-11-15(3,4)10-16(5,6)14(19)20-7/h17H,1,8-11H2,2-7H3. The average molecular weight is 315 g/mol. The number of esters is 2. The molecule has 1 N–H and O–H groups in total. The highest BCUT2D eigenvalue weighted by atomic mass is 16.6. The fraction of sp³-hybridized carbons (Fsp3) is 0.750. The molecule has 0 aromatic heterocycles. The molecule has 128 valence electrons. The minimum absolute atomic E-state index is 0.208. The molecule has 0 atom stereocenters. The Morgan fingerprint density at radius 2 is 1.77 bits per heavy atom. The molecule has 0 saturated heterocycles. The van der Waals surface area contributed by atoms with Crippen LogP contribution >= 0.6 is 0 Å². The minimum atomic E-state index is -0.571. The maximum absolute atomic E-state index is 11.7. The molecule has 6 heteroatoms. The van der Waals surface area contributed by atoms with Crippen LogP contribution in [-0.2, 0) is 23.9 Å². The normalized spacial score (nSPS) is 11.9. The fourth-order valence-electron chi connectivity index (χ4n) is 2.22. The fourth-order valence-corrected chi connectivity index (χ4v) is 2.22. The van der Waals surface area contributed by atoms with Crippen LogP contribution in [-0.4, -0.2) is 38.8 Å². The van der Waals surface area contributed by atoms with Gasteiger partial charge >= 0.3 is 11.9 Å². The second-order valence-electron chi connectivity index (χ2n) is 6.82. The summed E-state index contributed by atoms with van der Waals surface area (Å²) in [5.41, 5.74) is 2.33. The summed E-state index contributed by atoms with van der Waals surface area (Å²) < 4.78 is 9.73. The van der Waals surface area contributed by atoms with E-state index in [0.717, 1.165) is 0 Å². The SMILES string of the molecule is C=C(C)C(=O)OCCNOCC(C)(C)CC(C)(C)C(=O)OC. The number of carbonyl (C=O) groups is 2. The first kappa shape index (κ1) is 20.6. The number of ether oxygens (including phenoxy) is 2. The number of hydrogen-bond donors (Lipinski definition) is 1. The lowest BCUT2D eigenvalue weighted by Gasteiger charge is -2.32. The van der Waals surface area contributed by atoms with Gasteiger partial charge in [0.25, 0.3) is 0 Å². The predicted molar refractivity (Wildman–Crippen MR) is 83.9 cm³/mol. The third-order valence-electron chi connectivity index (χ3n) is 3.01. The summed E-state index contributed by atoms with van der Waals surface area (Å²) in [7, 11) is 1.39. The summed E-state index contributed by atoms with van der Waals surface area (Å²) in [6.45, 7) is 13.8. The van der Waals surface area contributed by atoms with Crippen molar-refractivity contribution in [3.05, 3.63) is 12.2 Å². The van der Waals surface area contributed by atoms with Gasteiger partial charge in [0.2, 0.25) is 0 Å². The number of carbonyl (C=O) groups excluding carboxylic acids is 2. The number of hydrogen-bond acceptors (Lipinski definition) is 6. The van der Waals surface area contributed by atoms with Crippen molar-refractivity contribution in [2.24, 2.45) is 10.8 Å². The van der Waals surface area contributed by atoms with E-state index in [1.807, 2.05) is 27.7 Å². The molecule has 0 amide bonds. The van der Waals surface area contributed by atoms with Crippen molar-refractivity contribution in [2.45, 2.75) is 41.0 Å². The van der Waals surface area contributed by atoms with E-state index in [1.54, 1.807) is 6.92 Å². The third-order valence-corrected chi connectivity index (χ3v) is 3.01. The molecule has 0 aliphatic rings. The van der Waals surface area contributed by atoms with Crippen LogP contribution in [0.1, 0.15) is 41.0 Å². The first-order valence-corrected chi connectivity index (χ1v) is 7.27. The van der Waals surface area contributed by atoms with Gasteiger partial charge in [-0.15, -0.1) is 0 Å². The molecule has 6 nitrogen and oxygen atoms in total. The zero-order chi connectivity index (χ0) is 17.4. The summed E-state index contributed by atoms with van der Waals surface area (Å²) in [5, 5.41) is 0. The summed E-state index contributed by atoms with van der Waals surface area (Å²) >= 11 is 0. The Labute approximate surface area is 133 Å². The molecule has 0 aliphatic heterocycles. The molecule has 0 aromatic carbocycles. The second-order valence-corrected chi connectivity index (χ2v) is 6.82. The first-order chi connectivity index (χ1) is 10.0. The molecule has 0 spiro atoms. The Kier molecular flexibility index (Phi) is 8.34. The Morgan fingerprint density at radius 3 is 2.27 bits per heavy atom. The lowest BCUT2D eigenvalue weighted by molar-refractivity contribution is -0.153. The van der Waals surface area contributed by atoms with Gasteiger partial charge in [0.05, 0.1) is 25.7 Å². The van der Waals surface area contributed by atoms with E-state index in [0.29, 0.717) is 25.1 Å². The molecule has 0 saturated carbocycles. The van der Waals surface area contributed by atoms with Crippen LogP contribution in [0.25, 0.3) is 0 Å². The summed E-state index contributed by atoms with van der Waals surface area (Å²) in [6.07, 6.45) is 0.624. The maximum atomic E-state index is 11.7. The predicted octanol–water partition coefficient (Wildman–Crippen LogP) is 2.24. The Balaban J connectivity index is 4.01.